The molecule has 3 atom stereocenters. The largest absolute Gasteiger partial charge is 0.476 e. The Morgan fingerprint density at radius 1 is 0.962 bits per heavy atom. The van der Waals surface area contributed by atoms with Crippen LogP contribution in [0.25, 0.3) is 0 Å². The molecular formula is C21H25ClN2O2. The number of amides is 1. The predicted octanol–water partition coefficient (Wildman–Crippen LogP) is 3.58. The van der Waals surface area contributed by atoms with Crippen LogP contribution < -0.4 is 10.1 Å². The van der Waals surface area contributed by atoms with E-state index in [-0.39, 0.29) is 24.4 Å². The van der Waals surface area contributed by atoms with E-state index in [1.54, 1.807) is 0 Å². The van der Waals surface area contributed by atoms with Crippen molar-refractivity contribution in [2.24, 2.45) is 0 Å². The minimum absolute atomic E-state index is 0. The number of benzene rings is 2. The minimum atomic E-state index is -0.593. The van der Waals surface area contributed by atoms with Crippen LogP contribution in [0.15, 0.2) is 60.7 Å². The van der Waals surface area contributed by atoms with Gasteiger partial charge in [0.2, 0.25) is 6.10 Å². The Bertz CT molecular complexity index is 696. The van der Waals surface area contributed by atoms with Crippen LogP contribution in [0.1, 0.15) is 30.9 Å². The number of carbonyl (C=O) groups is 1. The molecule has 3 unspecified atom stereocenters. The Balaban J connectivity index is 0.00000196. The SMILES string of the molecule is Cl.O=C(C(Oc1ccccc1)c1ccccc1)N1C2CCNCC1CC2. The Hall–Kier alpha value is -2.04. The molecule has 0 radical (unpaired) electrons. The molecule has 0 aromatic heterocycles. The average Bonchev–Trinajstić information content (AvgIpc) is 2.93. The molecule has 4 rings (SSSR count). The van der Waals surface area contributed by atoms with Gasteiger partial charge in [0.1, 0.15) is 5.75 Å². The molecule has 0 saturated carbocycles. The molecule has 2 saturated heterocycles. The molecule has 0 spiro atoms. The highest BCUT2D eigenvalue weighted by molar-refractivity contribution is 5.85. The zero-order valence-corrected chi connectivity index (χ0v) is 15.5. The molecule has 2 aliphatic heterocycles. The van der Waals surface area contributed by atoms with E-state index < -0.39 is 6.10 Å². The van der Waals surface area contributed by atoms with Gasteiger partial charge in [-0.05, 0) is 37.9 Å². The van der Waals surface area contributed by atoms with Crippen LogP contribution in [0, 0.1) is 0 Å². The molecule has 26 heavy (non-hydrogen) atoms. The van der Waals surface area contributed by atoms with Crippen LogP contribution in [0.4, 0.5) is 0 Å². The van der Waals surface area contributed by atoms with Crippen LogP contribution in [0.3, 0.4) is 0 Å². The van der Waals surface area contributed by atoms with Crippen molar-refractivity contribution in [1.29, 1.82) is 0 Å². The lowest BCUT2D eigenvalue weighted by molar-refractivity contribution is -0.141. The predicted molar refractivity (Wildman–Crippen MR) is 105 cm³/mol. The number of nitrogens with zero attached hydrogens (tertiary/aromatic N) is 1. The monoisotopic (exact) mass is 372 g/mol. The molecule has 5 heteroatoms. The van der Waals surface area contributed by atoms with Crippen molar-refractivity contribution in [3.8, 4) is 5.75 Å². The molecule has 2 bridgehead atoms. The zero-order valence-electron chi connectivity index (χ0n) is 14.7. The lowest BCUT2D eigenvalue weighted by Gasteiger charge is -2.32. The van der Waals surface area contributed by atoms with Crippen LogP contribution >= 0.6 is 12.4 Å². The number of rotatable bonds is 4. The summed E-state index contributed by atoms with van der Waals surface area (Å²) in [5.74, 6) is 0.816. The highest BCUT2D eigenvalue weighted by Gasteiger charge is 2.41. The summed E-state index contributed by atoms with van der Waals surface area (Å²) in [7, 11) is 0. The van der Waals surface area contributed by atoms with Gasteiger partial charge in [-0.2, -0.15) is 0 Å². The first kappa shape index (κ1) is 18.7. The Morgan fingerprint density at radius 2 is 1.62 bits per heavy atom. The van der Waals surface area contributed by atoms with Gasteiger partial charge in [0.25, 0.3) is 5.91 Å². The Labute approximate surface area is 160 Å². The van der Waals surface area contributed by atoms with Crippen LogP contribution in [-0.4, -0.2) is 36.0 Å². The fourth-order valence-corrected chi connectivity index (χ4v) is 4.00. The number of fused-ring (bicyclic) bond motifs is 2. The maximum atomic E-state index is 13.5. The van der Waals surface area contributed by atoms with Gasteiger partial charge in [0.05, 0.1) is 0 Å². The molecule has 4 nitrogen and oxygen atoms in total. The summed E-state index contributed by atoms with van der Waals surface area (Å²) >= 11 is 0. The third-order valence-electron chi connectivity index (χ3n) is 5.23. The van der Waals surface area contributed by atoms with E-state index in [2.05, 4.69) is 10.2 Å². The lowest BCUT2D eigenvalue weighted by atomic mass is 10.1. The molecule has 2 aromatic carbocycles. The summed E-state index contributed by atoms with van der Waals surface area (Å²) < 4.78 is 6.17. The van der Waals surface area contributed by atoms with Crippen molar-refractivity contribution < 1.29 is 9.53 Å². The van der Waals surface area contributed by atoms with Gasteiger partial charge in [0, 0.05) is 24.2 Å². The molecule has 2 aliphatic rings. The molecule has 1 amide bonds. The second-order valence-corrected chi connectivity index (χ2v) is 6.84. The van der Waals surface area contributed by atoms with Gasteiger partial charge in [-0.25, -0.2) is 0 Å². The van der Waals surface area contributed by atoms with Gasteiger partial charge in [0.15, 0.2) is 0 Å². The molecular weight excluding hydrogens is 348 g/mol. The van der Waals surface area contributed by atoms with E-state index in [0.717, 1.165) is 43.7 Å². The van der Waals surface area contributed by atoms with Gasteiger partial charge in [-0.3, -0.25) is 4.79 Å². The van der Waals surface area contributed by atoms with Gasteiger partial charge >= 0.3 is 0 Å². The number of ether oxygens (including phenoxy) is 1. The van der Waals surface area contributed by atoms with Crippen molar-refractivity contribution in [2.75, 3.05) is 13.1 Å². The molecule has 2 heterocycles. The highest BCUT2D eigenvalue weighted by Crippen LogP contribution is 2.33. The second kappa shape index (κ2) is 8.56. The smallest absolute Gasteiger partial charge is 0.268 e. The first-order chi connectivity index (χ1) is 12.3. The maximum Gasteiger partial charge on any atom is 0.268 e. The Kier molecular flexibility index (Phi) is 6.17. The number of halogens is 1. The fraction of sp³-hybridized carbons (Fsp3) is 0.381. The van der Waals surface area contributed by atoms with Gasteiger partial charge < -0.3 is 15.0 Å². The van der Waals surface area contributed by atoms with E-state index in [4.69, 9.17) is 4.74 Å². The number of hydrogen-bond acceptors (Lipinski definition) is 3. The molecule has 2 fully saturated rings. The van der Waals surface area contributed by atoms with E-state index >= 15 is 0 Å². The van der Waals surface area contributed by atoms with E-state index in [1.807, 2.05) is 60.7 Å². The van der Waals surface area contributed by atoms with E-state index in [9.17, 15) is 4.79 Å². The van der Waals surface area contributed by atoms with Crippen molar-refractivity contribution in [3.05, 3.63) is 66.2 Å². The summed E-state index contributed by atoms with van der Waals surface area (Å²) in [6, 6.07) is 20.1. The Morgan fingerprint density at radius 3 is 2.35 bits per heavy atom. The third kappa shape index (κ3) is 3.87. The third-order valence-corrected chi connectivity index (χ3v) is 5.23. The van der Waals surface area contributed by atoms with Crippen molar-refractivity contribution >= 4 is 18.3 Å². The minimum Gasteiger partial charge on any atom is -0.476 e. The number of carbonyl (C=O) groups excluding carboxylic acids is 1. The van der Waals surface area contributed by atoms with E-state index in [1.165, 1.54) is 0 Å². The summed E-state index contributed by atoms with van der Waals surface area (Å²) in [6.45, 7) is 1.87. The van der Waals surface area contributed by atoms with Gasteiger partial charge in [-0.1, -0.05) is 48.5 Å². The molecule has 2 aromatic rings. The second-order valence-electron chi connectivity index (χ2n) is 6.84. The van der Waals surface area contributed by atoms with Crippen molar-refractivity contribution in [3.63, 3.8) is 0 Å². The number of para-hydroxylation sites is 1. The molecule has 0 aliphatic carbocycles. The van der Waals surface area contributed by atoms with E-state index in [0.29, 0.717) is 6.04 Å². The van der Waals surface area contributed by atoms with Crippen LogP contribution in [0.5, 0.6) is 5.75 Å². The summed E-state index contributed by atoms with van der Waals surface area (Å²) in [5.41, 5.74) is 0.910. The van der Waals surface area contributed by atoms with Crippen molar-refractivity contribution in [2.45, 2.75) is 37.5 Å². The normalized spacial score (nSPS) is 22.8. The summed E-state index contributed by atoms with van der Waals surface area (Å²) in [5, 5.41) is 3.46. The van der Waals surface area contributed by atoms with Crippen LogP contribution in [-0.2, 0) is 4.79 Å². The number of hydrogen-bond donors (Lipinski definition) is 1. The molecule has 138 valence electrons. The topological polar surface area (TPSA) is 41.6 Å². The van der Waals surface area contributed by atoms with Gasteiger partial charge in [-0.15, -0.1) is 12.4 Å². The van der Waals surface area contributed by atoms with Crippen molar-refractivity contribution in [1.82, 2.24) is 10.2 Å². The lowest BCUT2D eigenvalue weighted by Crippen LogP contribution is -2.46. The molecule has 1 N–H and O–H groups in total. The quantitative estimate of drug-likeness (QED) is 0.891. The average molecular weight is 373 g/mol. The number of nitrogens with one attached hydrogen (secondary N) is 1. The first-order valence-electron chi connectivity index (χ1n) is 9.12. The van der Waals surface area contributed by atoms with Crippen LogP contribution in [0.2, 0.25) is 0 Å². The summed E-state index contributed by atoms with van der Waals surface area (Å²) in [6.07, 6.45) is 2.61. The fourth-order valence-electron chi connectivity index (χ4n) is 4.00. The zero-order chi connectivity index (χ0) is 17.1. The highest BCUT2D eigenvalue weighted by atomic mass is 35.5. The standard InChI is InChI=1S/C21H24N2O2.ClH/c24-21(23-17-11-12-18(23)15-22-14-13-17)20(16-7-3-1-4-8-16)25-19-9-5-2-6-10-19;/h1-10,17-18,20,22H,11-15H2;1H. The first-order valence-corrected chi connectivity index (χ1v) is 9.12. The summed E-state index contributed by atoms with van der Waals surface area (Å²) in [4.78, 5) is 15.6. The maximum absolute atomic E-state index is 13.5.